The first kappa shape index (κ1) is 15.1. The monoisotopic (exact) mass is 310 g/mol. The Morgan fingerprint density at radius 1 is 1.33 bits per heavy atom. The summed E-state index contributed by atoms with van der Waals surface area (Å²) in [5.74, 6) is 0.887. The van der Waals surface area contributed by atoms with Crippen molar-refractivity contribution in [2.24, 2.45) is 0 Å². The van der Waals surface area contributed by atoms with Crippen molar-refractivity contribution in [1.82, 2.24) is 20.2 Å². The first-order valence-electron chi connectivity index (χ1n) is 5.95. The molecular weight excluding hydrogens is 296 g/mol. The molecular formula is C12H14N4O4S. The minimum Gasteiger partial charge on any atom is -0.493 e. The summed E-state index contributed by atoms with van der Waals surface area (Å²) in [5, 5.41) is 20.1. The third kappa shape index (κ3) is 3.85. The van der Waals surface area contributed by atoms with Crippen molar-refractivity contribution in [2.75, 3.05) is 14.2 Å². The van der Waals surface area contributed by atoms with Gasteiger partial charge in [0.2, 0.25) is 5.16 Å². The van der Waals surface area contributed by atoms with E-state index in [4.69, 9.17) is 14.6 Å². The van der Waals surface area contributed by atoms with Crippen molar-refractivity contribution >= 4 is 17.7 Å². The standard InChI is InChI=1S/C12H14N4O4S/c1-19-9-4-3-8(5-10(9)20-2)7-21-12-13-14-15-16(12)6-11(17)18/h3-5H,6-7H2,1-2H3,(H,17,18). The number of hydrogen-bond acceptors (Lipinski definition) is 7. The Kier molecular flexibility index (Phi) is 4.99. The van der Waals surface area contributed by atoms with Gasteiger partial charge in [0.15, 0.2) is 11.5 Å². The molecule has 1 N–H and O–H groups in total. The summed E-state index contributed by atoms with van der Waals surface area (Å²) in [6, 6.07) is 5.58. The van der Waals surface area contributed by atoms with E-state index in [0.29, 0.717) is 22.4 Å². The summed E-state index contributed by atoms with van der Waals surface area (Å²) in [6.07, 6.45) is 0. The van der Waals surface area contributed by atoms with Gasteiger partial charge in [0.05, 0.1) is 14.2 Å². The van der Waals surface area contributed by atoms with Gasteiger partial charge in [-0.3, -0.25) is 4.79 Å². The van der Waals surface area contributed by atoms with Gasteiger partial charge in [-0.1, -0.05) is 17.8 Å². The number of carboxylic acid groups (broad SMARTS) is 1. The molecule has 1 heterocycles. The van der Waals surface area contributed by atoms with Crippen LogP contribution in [0.4, 0.5) is 0 Å². The van der Waals surface area contributed by atoms with Gasteiger partial charge in [0.1, 0.15) is 6.54 Å². The Balaban J connectivity index is 2.06. The van der Waals surface area contributed by atoms with Crippen LogP contribution in [0.3, 0.4) is 0 Å². The van der Waals surface area contributed by atoms with Gasteiger partial charge in [-0.15, -0.1) is 5.10 Å². The highest BCUT2D eigenvalue weighted by atomic mass is 32.2. The lowest BCUT2D eigenvalue weighted by Gasteiger charge is -2.09. The van der Waals surface area contributed by atoms with E-state index >= 15 is 0 Å². The quantitative estimate of drug-likeness (QED) is 0.758. The van der Waals surface area contributed by atoms with Gasteiger partial charge in [-0.25, -0.2) is 4.68 Å². The molecule has 0 saturated heterocycles. The molecule has 0 amide bonds. The van der Waals surface area contributed by atoms with Crippen LogP contribution in [0.25, 0.3) is 0 Å². The van der Waals surface area contributed by atoms with Crippen LogP contribution in [0, 0.1) is 0 Å². The molecule has 0 aliphatic rings. The highest BCUT2D eigenvalue weighted by molar-refractivity contribution is 7.98. The number of benzene rings is 1. The van der Waals surface area contributed by atoms with E-state index in [0.717, 1.165) is 5.56 Å². The maximum Gasteiger partial charge on any atom is 0.325 e. The van der Waals surface area contributed by atoms with E-state index in [9.17, 15) is 4.79 Å². The van der Waals surface area contributed by atoms with Gasteiger partial charge in [0, 0.05) is 5.75 Å². The molecule has 0 bridgehead atoms. The topological polar surface area (TPSA) is 99.4 Å². The Morgan fingerprint density at radius 3 is 2.76 bits per heavy atom. The fourth-order valence-electron chi connectivity index (χ4n) is 1.65. The number of aliphatic carboxylic acids is 1. The Bertz CT molecular complexity index is 631. The first-order chi connectivity index (χ1) is 10.1. The van der Waals surface area contributed by atoms with Gasteiger partial charge < -0.3 is 14.6 Å². The lowest BCUT2D eigenvalue weighted by atomic mass is 10.2. The molecule has 21 heavy (non-hydrogen) atoms. The number of hydrogen-bond donors (Lipinski definition) is 1. The molecule has 0 aliphatic carbocycles. The van der Waals surface area contributed by atoms with Gasteiger partial charge in [0.25, 0.3) is 0 Å². The number of rotatable bonds is 7. The molecule has 0 atom stereocenters. The largest absolute Gasteiger partial charge is 0.493 e. The zero-order valence-corrected chi connectivity index (χ0v) is 12.3. The van der Waals surface area contributed by atoms with Crippen LogP contribution >= 0.6 is 11.8 Å². The average Bonchev–Trinajstić information content (AvgIpc) is 2.91. The lowest BCUT2D eigenvalue weighted by Crippen LogP contribution is -2.11. The lowest BCUT2D eigenvalue weighted by molar-refractivity contribution is -0.138. The Labute approximate surface area is 125 Å². The Hall–Kier alpha value is -2.29. The number of carbonyl (C=O) groups is 1. The summed E-state index contributed by atoms with van der Waals surface area (Å²) in [5.41, 5.74) is 0.988. The van der Waals surface area contributed by atoms with Crippen LogP contribution in [0.15, 0.2) is 23.4 Å². The maximum absolute atomic E-state index is 10.7. The van der Waals surface area contributed by atoms with Gasteiger partial charge in [-0.05, 0) is 28.1 Å². The fraction of sp³-hybridized carbons (Fsp3) is 0.333. The molecule has 1 aromatic carbocycles. The van der Waals surface area contributed by atoms with E-state index in [1.165, 1.54) is 16.4 Å². The SMILES string of the molecule is COc1ccc(CSc2nnnn2CC(=O)O)cc1OC. The smallest absolute Gasteiger partial charge is 0.325 e. The third-order valence-electron chi connectivity index (χ3n) is 2.60. The molecule has 0 unspecified atom stereocenters. The minimum atomic E-state index is -0.990. The number of thioether (sulfide) groups is 1. The summed E-state index contributed by atoms with van der Waals surface area (Å²) in [6.45, 7) is -0.263. The van der Waals surface area contributed by atoms with Crippen LogP contribution in [-0.4, -0.2) is 45.5 Å². The van der Waals surface area contributed by atoms with E-state index in [2.05, 4.69) is 15.5 Å². The number of ether oxygens (including phenoxy) is 2. The summed E-state index contributed by atoms with van der Waals surface area (Å²) >= 11 is 1.35. The summed E-state index contributed by atoms with van der Waals surface area (Å²) in [7, 11) is 3.15. The average molecular weight is 310 g/mol. The predicted molar refractivity (Wildman–Crippen MR) is 74.6 cm³/mol. The fourth-order valence-corrected chi connectivity index (χ4v) is 2.47. The molecule has 1 aromatic heterocycles. The van der Waals surface area contributed by atoms with Crippen LogP contribution in [0.1, 0.15) is 5.56 Å². The number of aromatic nitrogens is 4. The van der Waals surface area contributed by atoms with Crippen molar-refractivity contribution in [2.45, 2.75) is 17.5 Å². The molecule has 0 spiro atoms. The van der Waals surface area contributed by atoms with Crippen molar-refractivity contribution in [3.05, 3.63) is 23.8 Å². The molecule has 9 heteroatoms. The zero-order valence-electron chi connectivity index (χ0n) is 11.5. The van der Waals surface area contributed by atoms with Crippen molar-refractivity contribution in [1.29, 1.82) is 0 Å². The second-order valence-corrected chi connectivity index (χ2v) is 4.93. The van der Waals surface area contributed by atoms with E-state index < -0.39 is 5.97 Å². The first-order valence-corrected chi connectivity index (χ1v) is 6.94. The second-order valence-electron chi connectivity index (χ2n) is 3.99. The van der Waals surface area contributed by atoms with E-state index in [1.807, 2.05) is 18.2 Å². The maximum atomic E-state index is 10.7. The minimum absolute atomic E-state index is 0.263. The highest BCUT2D eigenvalue weighted by Crippen LogP contribution is 2.30. The molecule has 0 saturated carbocycles. The van der Waals surface area contributed by atoms with Crippen molar-refractivity contribution in [3.8, 4) is 11.5 Å². The molecule has 8 nitrogen and oxygen atoms in total. The summed E-state index contributed by atoms with van der Waals surface area (Å²) < 4.78 is 11.6. The number of methoxy groups -OCH3 is 2. The number of nitrogens with zero attached hydrogens (tertiary/aromatic N) is 4. The van der Waals surface area contributed by atoms with Crippen LogP contribution in [0.2, 0.25) is 0 Å². The van der Waals surface area contributed by atoms with Crippen LogP contribution in [0.5, 0.6) is 11.5 Å². The predicted octanol–water partition coefficient (Wildman–Crippen LogP) is 1.07. The van der Waals surface area contributed by atoms with Crippen molar-refractivity contribution < 1.29 is 19.4 Å². The van der Waals surface area contributed by atoms with E-state index in [-0.39, 0.29) is 6.54 Å². The third-order valence-corrected chi connectivity index (χ3v) is 3.63. The van der Waals surface area contributed by atoms with Crippen molar-refractivity contribution in [3.63, 3.8) is 0 Å². The highest BCUT2D eigenvalue weighted by Gasteiger charge is 2.11. The molecule has 112 valence electrons. The van der Waals surface area contributed by atoms with E-state index in [1.54, 1.807) is 14.2 Å². The zero-order chi connectivity index (χ0) is 15.2. The number of tetrazole rings is 1. The number of carboxylic acids is 1. The molecule has 0 radical (unpaired) electrons. The second kappa shape index (κ2) is 6.93. The molecule has 0 aliphatic heterocycles. The Morgan fingerprint density at radius 2 is 2.10 bits per heavy atom. The normalized spacial score (nSPS) is 10.4. The summed E-state index contributed by atoms with van der Waals surface area (Å²) in [4.78, 5) is 10.7. The molecule has 2 aromatic rings. The van der Waals surface area contributed by atoms with Gasteiger partial charge in [-0.2, -0.15) is 0 Å². The molecule has 0 fully saturated rings. The van der Waals surface area contributed by atoms with Gasteiger partial charge >= 0.3 is 5.97 Å². The van der Waals surface area contributed by atoms with Crippen LogP contribution in [-0.2, 0) is 17.1 Å². The van der Waals surface area contributed by atoms with Crippen LogP contribution < -0.4 is 9.47 Å². The molecule has 2 rings (SSSR count).